The number of hydrogen-bond donors (Lipinski definition) is 2. The number of anilines is 3. The maximum Gasteiger partial charge on any atom is 0.229 e. The first-order chi connectivity index (χ1) is 11.2. The van der Waals surface area contributed by atoms with Gasteiger partial charge in [0.05, 0.1) is 13.2 Å². The van der Waals surface area contributed by atoms with Crippen molar-refractivity contribution in [3.63, 3.8) is 0 Å². The summed E-state index contributed by atoms with van der Waals surface area (Å²) in [6.45, 7) is 3.59. The van der Waals surface area contributed by atoms with Crippen LogP contribution in [-0.4, -0.2) is 36.3 Å². The first kappa shape index (κ1) is 15.6. The van der Waals surface area contributed by atoms with Crippen molar-refractivity contribution in [3.05, 3.63) is 36.0 Å². The van der Waals surface area contributed by atoms with E-state index >= 15 is 0 Å². The molecule has 1 aromatic heterocycles. The number of methoxy groups -OCH3 is 1. The summed E-state index contributed by atoms with van der Waals surface area (Å²) in [5, 5.41) is 6.55. The number of aryl methyl sites for hydroxylation is 1. The summed E-state index contributed by atoms with van der Waals surface area (Å²) in [6, 6.07) is 9.62. The summed E-state index contributed by atoms with van der Waals surface area (Å²) in [6.07, 6.45) is 2.52. The maximum atomic E-state index is 5.62. The summed E-state index contributed by atoms with van der Waals surface area (Å²) < 4.78 is 10.8. The van der Waals surface area contributed by atoms with Crippen LogP contribution < -0.4 is 15.4 Å². The molecule has 1 fully saturated rings. The van der Waals surface area contributed by atoms with Crippen molar-refractivity contribution < 1.29 is 9.47 Å². The summed E-state index contributed by atoms with van der Waals surface area (Å²) in [5.74, 6) is 2.16. The zero-order valence-corrected chi connectivity index (χ0v) is 13.5. The molecule has 0 spiro atoms. The van der Waals surface area contributed by atoms with Crippen molar-refractivity contribution in [1.29, 1.82) is 0 Å². The lowest BCUT2D eigenvalue weighted by atomic mass is 10.2. The van der Waals surface area contributed by atoms with Crippen LogP contribution in [0.2, 0.25) is 0 Å². The topological polar surface area (TPSA) is 68.3 Å². The Balaban J connectivity index is 1.68. The van der Waals surface area contributed by atoms with Crippen LogP contribution in [-0.2, 0) is 4.74 Å². The van der Waals surface area contributed by atoms with Gasteiger partial charge in [0.15, 0.2) is 0 Å². The highest BCUT2D eigenvalue weighted by molar-refractivity contribution is 5.57. The molecule has 1 saturated heterocycles. The van der Waals surface area contributed by atoms with Crippen molar-refractivity contribution in [2.45, 2.75) is 25.9 Å². The molecule has 2 aromatic rings. The minimum absolute atomic E-state index is 0.278. The minimum atomic E-state index is 0.278. The smallest absolute Gasteiger partial charge is 0.229 e. The van der Waals surface area contributed by atoms with E-state index in [0.717, 1.165) is 48.9 Å². The zero-order valence-electron chi connectivity index (χ0n) is 13.5. The minimum Gasteiger partial charge on any atom is -0.497 e. The monoisotopic (exact) mass is 314 g/mol. The van der Waals surface area contributed by atoms with Gasteiger partial charge in [0.25, 0.3) is 0 Å². The average molecular weight is 314 g/mol. The molecule has 6 heteroatoms. The van der Waals surface area contributed by atoms with E-state index in [2.05, 4.69) is 20.6 Å². The van der Waals surface area contributed by atoms with Gasteiger partial charge in [-0.2, -0.15) is 4.98 Å². The third-order valence-corrected chi connectivity index (χ3v) is 3.71. The van der Waals surface area contributed by atoms with Gasteiger partial charge in [-0.3, -0.25) is 0 Å². The first-order valence-corrected chi connectivity index (χ1v) is 7.85. The Morgan fingerprint density at radius 3 is 3.00 bits per heavy atom. The number of nitrogens with zero attached hydrogens (tertiary/aromatic N) is 2. The number of benzene rings is 1. The maximum absolute atomic E-state index is 5.62. The number of ether oxygens (including phenoxy) is 2. The predicted molar refractivity (Wildman–Crippen MR) is 90.5 cm³/mol. The van der Waals surface area contributed by atoms with Crippen LogP contribution in [0.1, 0.15) is 18.5 Å². The van der Waals surface area contributed by atoms with Crippen molar-refractivity contribution in [3.8, 4) is 5.75 Å². The van der Waals surface area contributed by atoms with Crippen LogP contribution in [0.4, 0.5) is 17.5 Å². The highest BCUT2D eigenvalue weighted by Crippen LogP contribution is 2.21. The quantitative estimate of drug-likeness (QED) is 0.854. The summed E-state index contributed by atoms with van der Waals surface area (Å²) >= 11 is 0. The van der Waals surface area contributed by atoms with E-state index in [4.69, 9.17) is 9.47 Å². The van der Waals surface area contributed by atoms with Gasteiger partial charge in [0.2, 0.25) is 5.95 Å². The molecule has 23 heavy (non-hydrogen) atoms. The molecule has 2 N–H and O–H groups in total. The van der Waals surface area contributed by atoms with Crippen LogP contribution in [0.3, 0.4) is 0 Å². The van der Waals surface area contributed by atoms with Crippen LogP contribution in [0.5, 0.6) is 5.75 Å². The lowest BCUT2D eigenvalue weighted by Gasteiger charge is -2.13. The number of nitrogens with one attached hydrogen (secondary N) is 2. The molecule has 0 saturated carbocycles. The summed E-state index contributed by atoms with van der Waals surface area (Å²) in [4.78, 5) is 8.95. The fraction of sp³-hybridized carbons (Fsp3) is 0.412. The van der Waals surface area contributed by atoms with E-state index in [1.165, 1.54) is 0 Å². The molecule has 1 aliphatic heterocycles. The summed E-state index contributed by atoms with van der Waals surface area (Å²) in [5.41, 5.74) is 1.79. The van der Waals surface area contributed by atoms with Crippen LogP contribution in [0.15, 0.2) is 30.3 Å². The van der Waals surface area contributed by atoms with E-state index in [1.807, 2.05) is 37.3 Å². The largest absolute Gasteiger partial charge is 0.497 e. The Labute approximate surface area is 136 Å². The number of aromatic nitrogens is 2. The average Bonchev–Trinajstić information content (AvgIpc) is 3.06. The Hall–Kier alpha value is -2.34. The van der Waals surface area contributed by atoms with Crippen molar-refractivity contribution in [2.24, 2.45) is 0 Å². The molecule has 1 atom stereocenters. The van der Waals surface area contributed by atoms with Gasteiger partial charge in [0.1, 0.15) is 11.6 Å². The second-order valence-corrected chi connectivity index (χ2v) is 5.59. The molecule has 0 radical (unpaired) electrons. The van der Waals surface area contributed by atoms with Gasteiger partial charge in [-0.15, -0.1) is 0 Å². The predicted octanol–water partition coefficient (Wildman–Crippen LogP) is 3.13. The molecular formula is C17H22N4O2. The standard InChI is InChI=1S/C17H22N4O2/c1-12-9-16(18-11-15-7-4-8-23-15)21-17(19-12)20-13-5-3-6-14(10-13)22-2/h3,5-6,9-10,15H,4,7-8,11H2,1-2H3,(H2,18,19,20,21). The normalized spacial score (nSPS) is 17.0. The Bertz CT molecular complexity index is 657. The van der Waals surface area contributed by atoms with E-state index < -0.39 is 0 Å². The number of rotatable bonds is 6. The van der Waals surface area contributed by atoms with Gasteiger partial charge in [-0.1, -0.05) is 6.07 Å². The summed E-state index contributed by atoms with van der Waals surface area (Å²) in [7, 11) is 1.65. The van der Waals surface area contributed by atoms with Crippen LogP contribution in [0.25, 0.3) is 0 Å². The van der Waals surface area contributed by atoms with Crippen molar-refractivity contribution >= 4 is 17.5 Å². The van der Waals surface area contributed by atoms with E-state index in [-0.39, 0.29) is 6.10 Å². The second kappa shape index (κ2) is 7.28. The molecule has 122 valence electrons. The molecule has 0 bridgehead atoms. The molecule has 1 unspecified atom stereocenters. The molecular weight excluding hydrogens is 292 g/mol. The Morgan fingerprint density at radius 1 is 1.30 bits per heavy atom. The van der Waals surface area contributed by atoms with Crippen LogP contribution in [0, 0.1) is 6.92 Å². The van der Waals surface area contributed by atoms with E-state index in [0.29, 0.717) is 5.95 Å². The van der Waals surface area contributed by atoms with E-state index in [9.17, 15) is 0 Å². The number of hydrogen-bond acceptors (Lipinski definition) is 6. The highest BCUT2D eigenvalue weighted by Gasteiger charge is 2.15. The van der Waals surface area contributed by atoms with Gasteiger partial charge >= 0.3 is 0 Å². The second-order valence-electron chi connectivity index (χ2n) is 5.59. The highest BCUT2D eigenvalue weighted by atomic mass is 16.5. The fourth-order valence-corrected chi connectivity index (χ4v) is 2.57. The van der Waals surface area contributed by atoms with Gasteiger partial charge in [-0.25, -0.2) is 4.98 Å². The van der Waals surface area contributed by atoms with Gasteiger partial charge in [0, 0.05) is 36.7 Å². The lowest BCUT2D eigenvalue weighted by Crippen LogP contribution is -2.19. The lowest BCUT2D eigenvalue weighted by molar-refractivity contribution is 0.120. The van der Waals surface area contributed by atoms with Gasteiger partial charge in [-0.05, 0) is 31.9 Å². The molecule has 3 rings (SSSR count). The third kappa shape index (κ3) is 4.32. The first-order valence-electron chi connectivity index (χ1n) is 7.85. The zero-order chi connectivity index (χ0) is 16.1. The van der Waals surface area contributed by atoms with Gasteiger partial charge < -0.3 is 20.1 Å². The SMILES string of the molecule is COc1cccc(Nc2nc(C)cc(NCC3CCCO3)n2)c1. The molecule has 2 heterocycles. The molecule has 1 aliphatic rings. The third-order valence-electron chi connectivity index (χ3n) is 3.71. The molecule has 1 aromatic carbocycles. The van der Waals surface area contributed by atoms with Crippen molar-refractivity contribution in [2.75, 3.05) is 30.9 Å². The molecule has 0 aliphatic carbocycles. The van der Waals surface area contributed by atoms with E-state index in [1.54, 1.807) is 7.11 Å². The van der Waals surface area contributed by atoms with Crippen molar-refractivity contribution in [1.82, 2.24) is 9.97 Å². The van der Waals surface area contributed by atoms with Crippen LogP contribution >= 0.6 is 0 Å². The Morgan fingerprint density at radius 2 is 2.22 bits per heavy atom. The molecule has 6 nitrogen and oxygen atoms in total. The molecule has 0 amide bonds. The fourth-order valence-electron chi connectivity index (χ4n) is 2.57. The Kier molecular flexibility index (Phi) is 4.92.